The van der Waals surface area contributed by atoms with Crippen molar-refractivity contribution in [2.75, 3.05) is 56.2 Å². The summed E-state index contributed by atoms with van der Waals surface area (Å²) in [5, 5.41) is 3.60. The minimum absolute atomic E-state index is 0.447. The molecule has 2 aliphatic rings. The monoisotopic (exact) mass is 431 g/mol. The number of rotatable bonds is 6. The Morgan fingerprint density at radius 2 is 1.93 bits per heavy atom. The SMILES string of the molecule is Brc1ccc(CCN2CCC(Nc3ccnc(N4CCOCC4)n3)C2)cc1. The molecular weight excluding hydrogens is 406 g/mol. The maximum Gasteiger partial charge on any atom is 0.227 e. The van der Waals surface area contributed by atoms with Crippen LogP contribution in [0.2, 0.25) is 0 Å². The second kappa shape index (κ2) is 8.99. The molecular formula is C20H26BrN5O. The van der Waals surface area contributed by atoms with E-state index < -0.39 is 0 Å². The Bertz CT molecular complexity index is 735. The summed E-state index contributed by atoms with van der Waals surface area (Å²) in [4.78, 5) is 13.9. The first-order valence-corrected chi connectivity index (χ1v) is 10.4. The van der Waals surface area contributed by atoms with Gasteiger partial charge in [0.2, 0.25) is 5.95 Å². The van der Waals surface area contributed by atoms with E-state index in [0.717, 1.165) is 75.0 Å². The van der Waals surface area contributed by atoms with E-state index in [-0.39, 0.29) is 0 Å². The van der Waals surface area contributed by atoms with Gasteiger partial charge >= 0.3 is 0 Å². The third-order valence-corrected chi connectivity index (χ3v) is 5.72. The van der Waals surface area contributed by atoms with Crippen molar-refractivity contribution in [3.8, 4) is 0 Å². The zero-order valence-electron chi connectivity index (χ0n) is 15.5. The summed E-state index contributed by atoms with van der Waals surface area (Å²) in [6.07, 6.45) is 4.09. The molecule has 0 saturated carbocycles. The molecule has 4 rings (SSSR count). The number of anilines is 2. The van der Waals surface area contributed by atoms with Gasteiger partial charge in [0, 0.05) is 49.4 Å². The van der Waals surface area contributed by atoms with Gasteiger partial charge in [-0.2, -0.15) is 4.98 Å². The minimum Gasteiger partial charge on any atom is -0.378 e. The number of ether oxygens (including phenoxy) is 1. The van der Waals surface area contributed by atoms with Crippen molar-refractivity contribution in [1.29, 1.82) is 0 Å². The summed E-state index contributed by atoms with van der Waals surface area (Å²) in [5.41, 5.74) is 1.39. The van der Waals surface area contributed by atoms with Crippen LogP contribution in [0.25, 0.3) is 0 Å². The van der Waals surface area contributed by atoms with Crippen LogP contribution in [0.4, 0.5) is 11.8 Å². The van der Waals surface area contributed by atoms with Gasteiger partial charge in [-0.15, -0.1) is 0 Å². The second-order valence-electron chi connectivity index (χ2n) is 7.15. The van der Waals surface area contributed by atoms with Crippen molar-refractivity contribution in [1.82, 2.24) is 14.9 Å². The largest absolute Gasteiger partial charge is 0.378 e. The van der Waals surface area contributed by atoms with Gasteiger partial charge in [-0.3, -0.25) is 0 Å². The molecule has 1 unspecified atom stereocenters. The van der Waals surface area contributed by atoms with E-state index >= 15 is 0 Å². The van der Waals surface area contributed by atoms with Crippen LogP contribution >= 0.6 is 15.9 Å². The molecule has 0 bridgehead atoms. The molecule has 2 saturated heterocycles. The van der Waals surface area contributed by atoms with Gasteiger partial charge in [-0.1, -0.05) is 28.1 Å². The quantitative estimate of drug-likeness (QED) is 0.758. The number of likely N-dealkylation sites (tertiary alicyclic amines) is 1. The summed E-state index contributed by atoms with van der Waals surface area (Å²) in [5.74, 6) is 1.72. The summed E-state index contributed by atoms with van der Waals surface area (Å²) in [7, 11) is 0. The molecule has 1 atom stereocenters. The van der Waals surface area contributed by atoms with Crippen molar-refractivity contribution < 1.29 is 4.74 Å². The number of nitrogens with one attached hydrogen (secondary N) is 1. The third-order valence-electron chi connectivity index (χ3n) is 5.19. The molecule has 0 amide bonds. The van der Waals surface area contributed by atoms with Crippen LogP contribution in [0.15, 0.2) is 41.0 Å². The van der Waals surface area contributed by atoms with Gasteiger partial charge in [-0.25, -0.2) is 4.98 Å². The van der Waals surface area contributed by atoms with Crippen molar-refractivity contribution in [3.05, 3.63) is 46.6 Å². The molecule has 7 heteroatoms. The predicted molar refractivity (Wildman–Crippen MR) is 111 cm³/mol. The molecule has 2 fully saturated rings. The van der Waals surface area contributed by atoms with Crippen molar-refractivity contribution in [3.63, 3.8) is 0 Å². The van der Waals surface area contributed by atoms with Crippen LogP contribution in [-0.2, 0) is 11.2 Å². The van der Waals surface area contributed by atoms with Crippen molar-refractivity contribution >= 4 is 27.7 Å². The first-order valence-electron chi connectivity index (χ1n) is 9.65. The first kappa shape index (κ1) is 18.7. The fourth-order valence-corrected chi connectivity index (χ4v) is 3.91. The second-order valence-corrected chi connectivity index (χ2v) is 8.06. The molecule has 3 heterocycles. The average molecular weight is 432 g/mol. The van der Waals surface area contributed by atoms with Gasteiger partial charge in [0.25, 0.3) is 0 Å². The number of benzene rings is 1. The number of halogens is 1. The molecule has 144 valence electrons. The Kier molecular flexibility index (Phi) is 6.21. The van der Waals surface area contributed by atoms with Gasteiger partial charge in [0.05, 0.1) is 13.2 Å². The average Bonchev–Trinajstić information content (AvgIpc) is 3.16. The summed E-state index contributed by atoms with van der Waals surface area (Å²) in [6, 6.07) is 11.0. The van der Waals surface area contributed by atoms with Gasteiger partial charge in [0.15, 0.2) is 0 Å². The minimum atomic E-state index is 0.447. The summed E-state index contributed by atoms with van der Waals surface area (Å²) < 4.78 is 6.55. The van der Waals surface area contributed by atoms with Crippen LogP contribution in [0.3, 0.4) is 0 Å². The number of aromatic nitrogens is 2. The molecule has 1 aromatic heterocycles. The maximum atomic E-state index is 5.41. The zero-order chi connectivity index (χ0) is 18.5. The van der Waals surface area contributed by atoms with Crippen molar-refractivity contribution in [2.45, 2.75) is 18.9 Å². The van der Waals surface area contributed by atoms with Gasteiger partial charge in [0.1, 0.15) is 5.82 Å². The molecule has 2 aromatic rings. The molecule has 0 radical (unpaired) electrons. The Morgan fingerprint density at radius 1 is 1.11 bits per heavy atom. The Hall–Kier alpha value is -1.70. The van der Waals surface area contributed by atoms with Crippen molar-refractivity contribution in [2.24, 2.45) is 0 Å². The Balaban J connectivity index is 1.27. The highest BCUT2D eigenvalue weighted by atomic mass is 79.9. The van der Waals surface area contributed by atoms with E-state index in [0.29, 0.717) is 6.04 Å². The molecule has 6 nitrogen and oxygen atoms in total. The Morgan fingerprint density at radius 3 is 2.74 bits per heavy atom. The fourth-order valence-electron chi connectivity index (χ4n) is 3.65. The topological polar surface area (TPSA) is 53.5 Å². The van der Waals surface area contributed by atoms with Crippen LogP contribution in [0.1, 0.15) is 12.0 Å². The highest BCUT2D eigenvalue weighted by Crippen LogP contribution is 2.18. The zero-order valence-corrected chi connectivity index (χ0v) is 17.1. The van der Waals surface area contributed by atoms with Crippen LogP contribution in [0.5, 0.6) is 0 Å². The summed E-state index contributed by atoms with van der Waals surface area (Å²) in [6.45, 7) is 6.51. The van der Waals surface area contributed by atoms with E-state index in [1.807, 2.05) is 12.3 Å². The van der Waals surface area contributed by atoms with E-state index in [1.54, 1.807) is 0 Å². The normalized spacial score (nSPS) is 20.8. The number of nitrogens with zero attached hydrogens (tertiary/aromatic N) is 4. The van der Waals surface area contributed by atoms with E-state index in [2.05, 4.69) is 60.3 Å². The Labute approximate surface area is 169 Å². The van der Waals surface area contributed by atoms with Crippen LogP contribution < -0.4 is 10.2 Å². The molecule has 0 aliphatic carbocycles. The van der Waals surface area contributed by atoms with Gasteiger partial charge in [-0.05, 0) is 36.6 Å². The summed E-state index contributed by atoms with van der Waals surface area (Å²) >= 11 is 3.49. The molecule has 2 aliphatic heterocycles. The third kappa shape index (κ3) is 5.18. The van der Waals surface area contributed by atoms with E-state index in [9.17, 15) is 0 Å². The highest BCUT2D eigenvalue weighted by Gasteiger charge is 2.23. The van der Waals surface area contributed by atoms with E-state index in [4.69, 9.17) is 9.72 Å². The number of hydrogen-bond donors (Lipinski definition) is 1. The van der Waals surface area contributed by atoms with E-state index in [1.165, 1.54) is 5.56 Å². The van der Waals surface area contributed by atoms with Gasteiger partial charge < -0.3 is 19.9 Å². The lowest BCUT2D eigenvalue weighted by molar-refractivity contribution is 0.122. The fraction of sp³-hybridized carbons (Fsp3) is 0.500. The first-order chi connectivity index (χ1) is 13.3. The number of hydrogen-bond acceptors (Lipinski definition) is 6. The lowest BCUT2D eigenvalue weighted by Crippen LogP contribution is -2.37. The smallest absolute Gasteiger partial charge is 0.227 e. The lowest BCUT2D eigenvalue weighted by Gasteiger charge is -2.27. The predicted octanol–water partition coefficient (Wildman–Crippen LogP) is 2.80. The molecule has 27 heavy (non-hydrogen) atoms. The van der Waals surface area contributed by atoms with Crippen LogP contribution in [0, 0.1) is 0 Å². The highest BCUT2D eigenvalue weighted by molar-refractivity contribution is 9.10. The van der Waals surface area contributed by atoms with Crippen LogP contribution in [-0.4, -0.2) is 66.8 Å². The standard InChI is InChI=1S/C20H26BrN5O/c21-17-3-1-16(2-4-17)6-9-25-10-7-18(15-25)23-19-5-8-22-20(24-19)26-11-13-27-14-12-26/h1-5,8,18H,6-7,9-15H2,(H,22,23,24). The lowest BCUT2D eigenvalue weighted by atomic mass is 10.1. The molecule has 1 N–H and O–H groups in total. The molecule has 0 spiro atoms. The maximum absolute atomic E-state index is 5.41. The molecule has 1 aromatic carbocycles. The number of morpholine rings is 1.